The van der Waals surface area contributed by atoms with Crippen molar-refractivity contribution in [3.05, 3.63) is 40.8 Å². The van der Waals surface area contributed by atoms with Gasteiger partial charge in [-0.3, -0.25) is 4.98 Å². The Kier molecular flexibility index (Phi) is 4.09. The second-order valence-electron chi connectivity index (χ2n) is 3.79. The SMILES string of the molecule is CNc1ncc(Br)c(NC(C)c2ccncc2)n1. The van der Waals surface area contributed by atoms with Crippen LogP contribution in [0.5, 0.6) is 0 Å². The average molecular weight is 308 g/mol. The minimum Gasteiger partial charge on any atom is -0.362 e. The molecule has 0 aromatic carbocycles. The van der Waals surface area contributed by atoms with Gasteiger partial charge in [0.2, 0.25) is 5.95 Å². The minimum absolute atomic E-state index is 0.143. The standard InChI is InChI=1S/C12H14BrN5/c1-8(9-3-5-15-6-4-9)17-11-10(13)7-16-12(14-2)18-11/h3-8H,1-2H3,(H2,14,16,17,18). The highest BCUT2D eigenvalue weighted by Crippen LogP contribution is 2.24. The topological polar surface area (TPSA) is 62.7 Å². The molecule has 2 aromatic rings. The summed E-state index contributed by atoms with van der Waals surface area (Å²) < 4.78 is 0.836. The Morgan fingerprint density at radius 1 is 1.28 bits per heavy atom. The van der Waals surface area contributed by atoms with Crippen molar-refractivity contribution in [2.24, 2.45) is 0 Å². The van der Waals surface area contributed by atoms with Crippen molar-refractivity contribution < 1.29 is 0 Å². The summed E-state index contributed by atoms with van der Waals surface area (Å²) >= 11 is 3.43. The highest BCUT2D eigenvalue weighted by atomic mass is 79.9. The second kappa shape index (κ2) is 5.77. The first-order chi connectivity index (χ1) is 8.70. The van der Waals surface area contributed by atoms with Gasteiger partial charge in [-0.05, 0) is 40.5 Å². The van der Waals surface area contributed by atoms with Crippen LogP contribution in [0, 0.1) is 0 Å². The van der Waals surface area contributed by atoms with Crippen LogP contribution in [-0.2, 0) is 0 Å². The number of nitrogens with zero attached hydrogens (tertiary/aromatic N) is 3. The largest absolute Gasteiger partial charge is 0.362 e. The van der Waals surface area contributed by atoms with Crippen LogP contribution in [0.4, 0.5) is 11.8 Å². The number of anilines is 2. The van der Waals surface area contributed by atoms with Crippen LogP contribution in [0.25, 0.3) is 0 Å². The Hall–Kier alpha value is -1.69. The molecule has 0 spiro atoms. The fourth-order valence-electron chi connectivity index (χ4n) is 1.53. The van der Waals surface area contributed by atoms with E-state index in [0.717, 1.165) is 15.9 Å². The van der Waals surface area contributed by atoms with E-state index in [9.17, 15) is 0 Å². The first-order valence-corrected chi connectivity index (χ1v) is 6.36. The number of hydrogen-bond acceptors (Lipinski definition) is 5. The molecule has 0 fully saturated rings. The second-order valence-corrected chi connectivity index (χ2v) is 4.64. The molecule has 2 heterocycles. The monoisotopic (exact) mass is 307 g/mol. The summed E-state index contributed by atoms with van der Waals surface area (Å²) in [6.45, 7) is 2.07. The van der Waals surface area contributed by atoms with E-state index in [2.05, 4.69) is 48.4 Å². The highest BCUT2D eigenvalue weighted by molar-refractivity contribution is 9.10. The maximum Gasteiger partial charge on any atom is 0.224 e. The van der Waals surface area contributed by atoms with E-state index in [0.29, 0.717) is 5.95 Å². The molecule has 0 aliphatic heterocycles. The van der Waals surface area contributed by atoms with Crippen molar-refractivity contribution in [2.75, 3.05) is 17.7 Å². The van der Waals surface area contributed by atoms with Crippen molar-refractivity contribution >= 4 is 27.7 Å². The lowest BCUT2D eigenvalue weighted by molar-refractivity contribution is 0.867. The Bertz CT molecular complexity index is 517. The van der Waals surface area contributed by atoms with Crippen LogP contribution in [-0.4, -0.2) is 22.0 Å². The Morgan fingerprint density at radius 3 is 2.67 bits per heavy atom. The molecule has 0 bridgehead atoms. The molecule has 0 aliphatic rings. The average Bonchev–Trinajstić information content (AvgIpc) is 2.42. The number of halogens is 1. The van der Waals surface area contributed by atoms with E-state index in [1.807, 2.05) is 12.1 Å². The first-order valence-electron chi connectivity index (χ1n) is 5.57. The van der Waals surface area contributed by atoms with Crippen LogP contribution in [0.3, 0.4) is 0 Å². The molecule has 18 heavy (non-hydrogen) atoms. The molecule has 0 saturated carbocycles. The number of nitrogens with one attached hydrogen (secondary N) is 2. The third kappa shape index (κ3) is 2.95. The number of pyridine rings is 1. The zero-order chi connectivity index (χ0) is 13.0. The van der Waals surface area contributed by atoms with Gasteiger partial charge in [0.05, 0.1) is 10.5 Å². The van der Waals surface area contributed by atoms with Crippen molar-refractivity contribution in [1.82, 2.24) is 15.0 Å². The number of aromatic nitrogens is 3. The van der Waals surface area contributed by atoms with Gasteiger partial charge in [-0.25, -0.2) is 4.98 Å². The van der Waals surface area contributed by atoms with Gasteiger partial charge < -0.3 is 10.6 Å². The first kappa shape index (κ1) is 12.8. The van der Waals surface area contributed by atoms with E-state index in [-0.39, 0.29) is 6.04 Å². The minimum atomic E-state index is 0.143. The van der Waals surface area contributed by atoms with Crippen LogP contribution < -0.4 is 10.6 Å². The third-order valence-electron chi connectivity index (χ3n) is 2.53. The molecule has 94 valence electrons. The van der Waals surface area contributed by atoms with Crippen molar-refractivity contribution in [2.45, 2.75) is 13.0 Å². The Labute approximate surface area is 114 Å². The van der Waals surface area contributed by atoms with Gasteiger partial charge in [0, 0.05) is 25.6 Å². The van der Waals surface area contributed by atoms with Crippen LogP contribution >= 0.6 is 15.9 Å². The number of rotatable bonds is 4. The van der Waals surface area contributed by atoms with Crippen molar-refractivity contribution in [1.29, 1.82) is 0 Å². The molecule has 1 atom stereocenters. The molecular formula is C12H14BrN5. The molecule has 5 nitrogen and oxygen atoms in total. The summed E-state index contributed by atoms with van der Waals surface area (Å²) in [7, 11) is 1.79. The summed E-state index contributed by atoms with van der Waals surface area (Å²) in [5.41, 5.74) is 1.15. The smallest absolute Gasteiger partial charge is 0.224 e. The molecule has 0 amide bonds. The molecule has 0 aliphatic carbocycles. The maximum atomic E-state index is 4.36. The Balaban J connectivity index is 2.18. The lowest BCUT2D eigenvalue weighted by atomic mass is 10.1. The van der Waals surface area contributed by atoms with Gasteiger partial charge in [-0.1, -0.05) is 0 Å². The quantitative estimate of drug-likeness (QED) is 0.909. The number of hydrogen-bond donors (Lipinski definition) is 2. The van der Waals surface area contributed by atoms with Gasteiger partial charge in [0.25, 0.3) is 0 Å². The fraction of sp³-hybridized carbons (Fsp3) is 0.250. The van der Waals surface area contributed by atoms with Crippen LogP contribution in [0.1, 0.15) is 18.5 Å². The third-order valence-corrected chi connectivity index (χ3v) is 3.11. The summed E-state index contributed by atoms with van der Waals surface area (Å²) in [5, 5.41) is 6.25. The van der Waals surface area contributed by atoms with Gasteiger partial charge in [0.15, 0.2) is 0 Å². The van der Waals surface area contributed by atoms with Gasteiger partial charge >= 0.3 is 0 Å². The van der Waals surface area contributed by atoms with E-state index < -0.39 is 0 Å². The zero-order valence-corrected chi connectivity index (χ0v) is 11.8. The molecule has 2 N–H and O–H groups in total. The summed E-state index contributed by atoms with van der Waals surface area (Å²) in [5.74, 6) is 1.35. The van der Waals surface area contributed by atoms with E-state index >= 15 is 0 Å². The fourth-order valence-corrected chi connectivity index (χ4v) is 1.83. The van der Waals surface area contributed by atoms with Crippen LogP contribution in [0.15, 0.2) is 35.2 Å². The molecule has 2 aromatic heterocycles. The highest BCUT2D eigenvalue weighted by Gasteiger charge is 2.09. The lowest BCUT2D eigenvalue weighted by Crippen LogP contribution is -2.10. The van der Waals surface area contributed by atoms with Crippen molar-refractivity contribution in [3.63, 3.8) is 0 Å². The van der Waals surface area contributed by atoms with E-state index in [4.69, 9.17) is 0 Å². The molecule has 1 unspecified atom stereocenters. The lowest BCUT2D eigenvalue weighted by Gasteiger charge is -2.16. The predicted molar refractivity (Wildman–Crippen MR) is 75.6 cm³/mol. The van der Waals surface area contributed by atoms with Crippen LogP contribution in [0.2, 0.25) is 0 Å². The van der Waals surface area contributed by atoms with Crippen molar-refractivity contribution in [3.8, 4) is 0 Å². The summed E-state index contributed by atoms with van der Waals surface area (Å²) in [4.78, 5) is 12.5. The molecule has 0 radical (unpaired) electrons. The van der Waals surface area contributed by atoms with Gasteiger partial charge in [-0.2, -0.15) is 4.98 Å². The zero-order valence-electron chi connectivity index (χ0n) is 10.2. The van der Waals surface area contributed by atoms with Gasteiger partial charge in [0.1, 0.15) is 5.82 Å². The summed E-state index contributed by atoms with van der Waals surface area (Å²) in [6.07, 6.45) is 5.28. The molecular weight excluding hydrogens is 294 g/mol. The van der Waals surface area contributed by atoms with E-state index in [1.54, 1.807) is 25.6 Å². The molecule has 2 rings (SSSR count). The van der Waals surface area contributed by atoms with Gasteiger partial charge in [-0.15, -0.1) is 0 Å². The molecule has 6 heteroatoms. The summed E-state index contributed by atoms with van der Waals surface area (Å²) in [6, 6.07) is 4.10. The van der Waals surface area contributed by atoms with E-state index in [1.165, 1.54) is 0 Å². The predicted octanol–water partition coefficient (Wildman–Crippen LogP) is 2.85. The normalized spacial score (nSPS) is 11.9. The molecule has 0 saturated heterocycles. The Morgan fingerprint density at radius 2 is 2.00 bits per heavy atom. The maximum absolute atomic E-state index is 4.36.